The topological polar surface area (TPSA) is 0 Å². The molecular formula is C30H21BrS. The van der Waals surface area contributed by atoms with Crippen LogP contribution in [-0.4, -0.2) is 0 Å². The van der Waals surface area contributed by atoms with E-state index in [4.69, 9.17) is 0 Å². The van der Waals surface area contributed by atoms with Crippen molar-refractivity contribution in [1.29, 1.82) is 0 Å². The molecule has 0 aromatic heterocycles. The quantitative estimate of drug-likeness (QED) is 0.209. The summed E-state index contributed by atoms with van der Waals surface area (Å²) in [5.74, 6) is 1.00. The van der Waals surface area contributed by atoms with Crippen molar-refractivity contribution in [2.24, 2.45) is 0 Å². The zero-order chi connectivity index (χ0) is 21.3. The molecule has 154 valence electrons. The first-order valence-corrected chi connectivity index (χ1v) is 13.0. The van der Waals surface area contributed by atoms with Crippen molar-refractivity contribution >= 4 is 33.8 Å². The molecule has 1 heterocycles. The lowest BCUT2D eigenvalue weighted by molar-refractivity contribution is 0.744. The van der Waals surface area contributed by atoms with Gasteiger partial charge >= 0.3 is 0 Å². The van der Waals surface area contributed by atoms with Crippen LogP contribution in [0.25, 0.3) is 17.2 Å². The summed E-state index contributed by atoms with van der Waals surface area (Å²) in [5, 5.41) is 0. The van der Waals surface area contributed by atoms with E-state index in [1.54, 1.807) is 0 Å². The number of benzene rings is 4. The predicted octanol–water partition coefficient (Wildman–Crippen LogP) is 8.38. The minimum atomic E-state index is -0.280. The number of rotatable bonds is 0. The molecule has 4 aromatic rings. The second-order valence-corrected chi connectivity index (χ2v) is 10.9. The molecule has 0 radical (unpaired) electrons. The van der Waals surface area contributed by atoms with Crippen LogP contribution in [0.2, 0.25) is 0 Å². The highest BCUT2D eigenvalue weighted by atomic mass is 79.9. The minimum Gasteiger partial charge on any atom is -0.121 e. The molecule has 1 unspecified atom stereocenters. The highest BCUT2D eigenvalue weighted by molar-refractivity contribution is 9.10. The second-order valence-electron chi connectivity index (χ2n) is 8.92. The molecule has 2 heteroatoms. The van der Waals surface area contributed by atoms with Gasteiger partial charge in [-0.15, -0.1) is 11.8 Å². The lowest BCUT2D eigenvalue weighted by atomic mass is 9.66. The van der Waals surface area contributed by atoms with Gasteiger partial charge < -0.3 is 0 Å². The van der Waals surface area contributed by atoms with Crippen molar-refractivity contribution in [3.8, 4) is 11.1 Å². The molecule has 0 N–H and O–H groups in total. The Hall–Kier alpha value is -2.55. The van der Waals surface area contributed by atoms with Crippen molar-refractivity contribution in [3.63, 3.8) is 0 Å². The van der Waals surface area contributed by atoms with Gasteiger partial charge in [0.2, 0.25) is 0 Å². The summed E-state index contributed by atoms with van der Waals surface area (Å²) in [6.45, 7) is 0. The van der Waals surface area contributed by atoms with E-state index in [1.807, 2.05) is 11.8 Å². The molecule has 0 saturated heterocycles. The van der Waals surface area contributed by atoms with Gasteiger partial charge in [-0.05, 0) is 87.2 Å². The summed E-state index contributed by atoms with van der Waals surface area (Å²) < 4.78 is 1.14. The lowest BCUT2D eigenvalue weighted by Crippen LogP contribution is -2.30. The fraction of sp³-hybridized carbons (Fsp3) is 0.133. The fourth-order valence-electron chi connectivity index (χ4n) is 6.02. The van der Waals surface area contributed by atoms with Gasteiger partial charge in [-0.1, -0.05) is 82.7 Å². The molecule has 1 aliphatic heterocycles. The zero-order valence-corrected chi connectivity index (χ0v) is 20.0. The molecule has 0 bridgehead atoms. The van der Waals surface area contributed by atoms with Crippen LogP contribution in [0.15, 0.2) is 94.3 Å². The minimum absolute atomic E-state index is 0.280. The van der Waals surface area contributed by atoms with Gasteiger partial charge in [-0.3, -0.25) is 0 Å². The van der Waals surface area contributed by atoms with E-state index in [0.717, 1.165) is 23.1 Å². The lowest BCUT2D eigenvalue weighted by Gasteiger charge is -2.35. The number of halogens is 1. The first-order chi connectivity index (χ1) is 15.8. The third kappa shape index (κ3) is 2.45. The van der Waals surface area contributed by atoms with E-state index in [1.165, 1.54) is 55.0 Å². The standard InChI is InChI=1S/C30H21BrS/c31-22-13-14-26-24(17-22)23-15-19-7-1-2-8-20(19)16-28(23)30(26)25-10-4-3-9-21(25)18-32-29-12-6-5-11-27(29)30/h1,3-7,9-17H,2,8,18H2. The van der Waals surface area contributed by atoms with Crippen LogP contribution in [0.4, 0.5) is 0 Å². The van der Waals surface area contributed by atoms with E-state index < -0.39 is 0 Å². The van der Waals surface area contributed by atoms with Crippen LogP contribution in [0.3, 0.4) is 0 Å². The van der Waals surface area contributed by atoms with Crippen molar-refractivity contribution in [2.75, 3.05) is 0 Å². The highest BCUT2D eigenvalue weighted by Crippen LogP contribution is 2.60. The summed E-state index contributed by atoms with van der Waals surface area (Å²) in [4.78, 5) is 1.39. The maximum atomic E-state index is 3.76. The maximum Gasteiger partial charge on any atom is 0.0727 e. The van der Waals surface area contributed by atoms with Gasteiger partial charge in [0.25, 0.3) is 0 Å². The number of hydrogen-bond acceptors (Lipinski definition) is 1. The fourth-order valence-corrected chi connectivity index (χ4v) is 7.50. The smallest absolute Gasteiger partial charge is 0.0727 e. The van der Waals surface area contributed by atoms with Crippen molar-refractivity contribution in [3.05, 3.63) is 128 Å². The van der Waals surface area contributed by atoms with E-state index in [0.29, 0.717) is 0 Å². The molecule has 0 amide bonds. The van der Waals surface area contributed by atoms with Gasteiger partial charge in [0.1, 0.15) is 0 Å². The van der Waals surface area contributed by atoms with Crippen LogP contribution in [0, 0.1) is 0 Å². The molecule has 1 atom stereocenters. The molecule has 3 aliphatic rings. The van der Waals surface area contributed by atoms with Crippen LogP contribution >= 0.6 is 27.7 Å². The summed E-state index contributed by atoms with van der Waals surface area (Å²) in [6, 6.07) is 30.1. The van der Waals surface area contributed by atoms with Gasteiger partial charge in [0.15, 0.2) is 0 Å². The molecule has 0 nitrogen and oxygen atoms in total. The Bertz CT molecular complexity index is 1400. The number of aryl methyl sites for hydroxylation is 1. The summed E-state index contributed by atoms with van der Waals surface area (Å²) in [5.41, 5.74) is 12.5. The Morgan fingerprint density at radius 3 is 2.47 bits per heavy atom. The monoisotopic (exact) mass is 492 g/mol. The second kappa shape index (κ2) is 6.97. The Balaban J connectivity index is 1.70. The van der Waals surface area contributed by atoms with Crippen LogP contribution < -0.4 is 0 Å². The first kappa shape index (κ1) is 19.0. The average Bonchev–Trinajstić information content (AvgIpc) is 3.01. The maximum absolute atomic E-state index is 3.76. The van der Waals surface area contributed by atoms with Gasteiger partial charge in [-0.25, -0.2) is 0 Å². The van der Waals surface area contributed by atoms with Crippen molar-refractivity contribution in [2.45, 2.75) is 28.9 Å². The highest BCUT2D eigenvalue weighted by Gasteiger charge is 2.49. The molecule has 4 aromatic carbocycles. The Morgan fingerprint density at radius 2 is 1.53 bits per heavy atom. The van der Waals surface area contributed by atoms with E-state index >= 15 is 0 Å². The molecule has 0 saturated carbocycles. The average molecular weight is 493 g/mol. The zero-order valence-electron chi connectivity index (χ0n) is 17.6. The summed E-state index contributed by atoms with van der Waals surface area (Å²) in [7, 11) is 0. The SMILES string of the molecule is Brc1ccc2c(c1)-c1cc3c(cc1C21c2ccccc2CSc2ccccc21)CCC=C3. The number of allylic oxidation sites excluding steroid dienone is 1. The third-order valence-corrected chi connectivity index (χ3v) is 8.95. The van der Waals surface area contributed by atoms with Crippen molar-refractivity contribution < 1.29 is 0 Å². The number of thioether (sulfide) groups is 1. The van der Waals surface area contributed by atoms with Crippen LogP contribution in [-0.2, 0) is 17.6 Å². The van der Waals surface area contributed by atoms with Gasteiger partial charge in [-0.2, -0.15) is 0 Å². The Morgan fingerprint density at radius 1 is 0.719 bits per heavy atom. The van der Waals surface area contributed by atoms with Crippen LogP contribution in [0.5, 0.6) is 0 Å². The molecular weight excluding hydrogens is 472 g/mol. The molecule has 7 rings (SSSR count). The molecule has 2 aliphatic carbocycles. The molecule has 1 spiro atoms. The van der Waals surface area contributed by atoms with E-state index in [-0.39, 0.29) is 5.41 Å². The number of fused-ring (bicyclic) bond motifs is 10. The van der Waals surface area contributed by atoms with Gasteiger partial charge in [0.05, 0.1) is 5.41 Å². The Kier molecular flexibility index (Phi) is 4.13. The van der Waals surface area contributed by atoms with Gasteiger partial charge in [0, 0.05) is 15.1 Å². The Labute approximate surface area is 201 Å². The predicted molar refractivity (Wildman–Crippen MR) is 138 cm³/mol. The van der Waals surface area contributed by atoms with Crippen molar-refractivity contribution in [1.82, 2.24) is 0 Å². The van der Waals surface area contributed by atoms with Crippen LogP contribution in [0.1, 0.15) is 45.4 Å². The molecule has 0 fully saturated rings. The van der Waals surface area contributed by atoms with E-state index in [2.05, 4.69) is 107 Å². The van der Waals surface area contributed by atoms with E-state index in [9.17, 15) is 0 Å². The largest absolute Gasteiger partial charge is 0.121 e. The summed E-state index contributed by atoms with van der Waals surface area (Å²) in [6.07, 6.45) is 6.87. The summed E-state index contributed by atoms with van der Waals surface area (Å²) >= 11 is 5.74. The molecule has 32 heavy (non-hydrogen) atoms. The normalized spacial score (nSPS) is 19.5. The first-order valence-electron chi connectivity index (χ1n) is 11.2. The number of hydrogen-bond donors (Lipinski definition) is 0. The third-order valence-electron chi connectivity index (χ3n) is 7.33.